The third kappa shape index (κ3) is 2.40. The summed E-state index contributed by atoms with van der Waals surface area (Å²) < 4.78 is 23.3. The summed E-state index contributed by atoms with van der Waals surface area (Å²) in [6.45, 7) is 1.30. The van der Waals surface area contributed by atoms with Gasteiger partial charge in [-0.3, -0.25) is 4.99 Å². The van der Waals surface area contributed by atoms with Gasteiger partial charge in [0.2, 0.25) is 0 Å². The van der Waals surface area contributed by atoms with Gasteiger partial charge in [0.1, 0.15) is 0 Å². The maximum Gasteiger partial charge on any atom is 0.192 e. The first-order valence-electron chi connectivity index (χ1n) is 6.83. The molecular formula is C14H19N3O2S. The molecule has 20 heavy (non-hydrogen) atoms. The minimum atomic E-state index is -2.88. The highest BCUT2D eigenvalue weighted by molar-refractivity contribution is 7.91. The Morgan fingerprint density at radius 3 is 2.50 bits per heavy atom. The maximum absolute atomic E-state index is 11.6. The fourth-order valence-corrected chi connectivity index (χ4v) is 4.59. The van der Waals surface area contributed by atoms with Gasteiger partial charge in [0.15, 0.2) is 15.8 Å². The quantitative estimate of drug-likeness (QED) is 0.873. The molecule has 0 radical (unpaired) electrons. The zero-order valence-electron chi connectivity index (χ0n) is 11.3. The Balaban J connectivity index is 1.82. The van der Waals surface area contributed by atoms with E-state index in [1.165, 1.54) is 5.56 Å². The van der Waals surface area contributed by atoms with E-state index in [2.05, 4.69) is 22.0 Å². The number of hydrogen-bond donors (Lipinski definition) is 1. The molecule has 0 saturated carbocycles. The summed E-state index contributed by atoms with van der Waals surface area (Å²) in [7, 11) is -2.88. The monoisotopic (exact) mass is 293 g/mol. The minimum Gasteiger partial charge on any atom is -0.370 e. The van der Waals surface area contributed by atoms with E-state index in [9.17, 15) is 8.42 Å². The number of sulfone groups is 1. The van der Waals surface area contributed by atoms with Crippen LogP contribution < -0.4 is 5.73 Å². The highest BCUT2D eigenvalue weighted by atomic mass is 32.2. The number of nitrogens with two attached hydrogens (primary N) is 1. The molecule has 1 saturated heterocycles. The largest absolute Gasteiger partial charge is 0.370 e. The van der Waals surface area contributed by atoms with Gasteiger partial charge in [0.25, 0.3) is 0 Å². The molecule has 5 nitrogen and oxygen atoms in total. The topological polar surface area (TPSA) is 75.8 Å². The zero-order chi connectivity index (χ0) is 14.2. The van der Waals surface area contributed by atoms with Crippen LogP contribution in [0.15, 0.2) is 35.3 Å². The first-order chi connectivity index (χ1) is 9.51. The van der Waals surface area contributed by atoms with Crippen molar-refractivity contribution >= 4 is 15.8 Å². The molecule has 1 aromatic carbocycles. The zero-order valence-corrected chi connectivity index (χ0v) is 12.1. The molecule has 108 valence electrons. The van der Waals surface area contributed by atoms with Gasteiger partial charge in [-0.1, -0.05) is 30.3 Å². The van der Waals surface area contributed by atoms with Crippen molar-refractivity contribution in [2.45, 2.75) is 24.9 Å². The summed E-state index contributed by atoms with van der Waals surface area (Å²) in [5.41, 5.74) is 6.99. The van der Waals surface area contributed by atoms with E-state index in [4.69, 9.17) is 5.73 Å². The molecule has 2 N–H and O–H groups in total. The Bertz CT molecular complexity index is 611. The fourth-order valence-electron chi connectivity index (χ4n) is 3.00. The molecule has 0 aliphatic carbocycles. The van der Waals surface area contributed by atoms with Gasteiger partial charge in [-0.05, 0) is 18.4 Å². The normalized spacial score (nSPS) is 23.8. The lowest BCUT2D eigenvalue weighted by Crippen LogP contribution is -2.54. The van der Waals surface area contributed by atoms with Crippen molar-refractivity contribution < 1.29 is 8.42 Å². The lowest BCUT2D eigenvalue weighted by molar-refractivity contribution is 0.175. The van der Waals surface area contributed by atoms with Crippen molar-refractivity contribution in [3.8, 4) is 0 Å². The molecular weight excluding hydrogens is 274 g/mol. The van der Waals surface area contributed by atoms with Gasteiger partial charge in [0, 0.05) is 6.54 Å². The number of hydrogen-bond acceptors (Lipinski definition) is 5. The predicted octanol–water partition coefficient (Wildman–Crippen LogP) is 0.764. The minimum absolute atomic E-state index is 0.203. The van der Waals surface area contributed by atoms with Crippen LogP contribution in [0.5, 0.6) is 0 Å². The third-order valence-corrected chi connectivity index (χ3v) is 5.98. The van der Waals surface area contributed by atoms with E-state index >= 15 is 0 Å². The molecule has 1 spiro atoms. The Kier molecular flexibility index (Phi) is 3.20. The molecule has 2 heterocycles. The van der Waals surface area contributed by atoms with E-state index in [-0.39, 0.29) is 17.0 Å². The van der Waals surface area contributed by atoms with E-state index < -0.39 is 9.84 Å². The number of benzene rings is 1. The van der Waals surface area contributed by atoms with Gasteiger partial charge in [0.05, 0.1) is 23.6 Å². The fraction of sp³-hybridized carbons (Fsp3) is 0.500. The van der Waals surface area contributed by atoms with E-state index in [0.717, 1.165) is 0 Å². The average Bonchev–Trinajstić information content (AvgIpc) is 2.74. The second-order valence-electron chi connectivity index (χ2n) is 5.62. The number of aliphatic imine (C=N–C) groups is 1. The lowest BCUT2D eigenvalue weighted by atomic mass is 9.91. The third-order valence-electron chi connectivity index (χ3n) is 4.32. The van der Waals surface area contributed by atoms with Crippen molar-refractivity contribution in [1.29, 1.82) is 0 Å². The van der Waals surface area contributed by atoms with Crippen LogP contribution in [0.1, 0.15) is 18.4 Å². The molecule has 0 aromatic heterocycles. The summed E-state index contributed by atoms with van der Waals surface area (Å²) in [5, 5.41) is 0. The molecule has 3 rings (SSSR count). The summed E-state index contributed by atoms with van der Waals surface area (Å²) in [4.78, 5) is 6.46. The van der Waals surface area contributed by atoms with Gasteiger partial charge >= 0.3 is 0 Å². The van der Waals surface area contributed by atoms with Crippen molar-refractivity contribution in [2.24, 2.45) is 10.7 Å². The van der Waals surface area contributed by atoms with Crippen molar-refractivity contribution in [3.63, 3.8) is 0 Å². The Morgan fingerprint density at radius 2 is 1.85 bits per heavy atom. The highest BCUT2D eigenvalue weighted by Gasteiger charge is 2.45. The average molecular weight is 293 g/mol. The Labute approximate surface area is 119 Å². The summed E-state index contributed by atoms with van der Waals surface area (Å²) in [6, 6.07) is 10.1. The van der Waals surface area contributed by atoms with Gasteiger partial charge < -0.3 is 10.6 Å². The van der Waals surface area contributed by atoms with E-state index in [1.807, 2.05) is 18.2 Å². The van der Waals surface area contributed by atoms with Gasteiger partial charge in [-0.2, -0.15) is 0 Å². The summed E-state index contributed by atoms with van der Waals surface area (Å²) in [5.74, 6) is 1.01. The molecule has 2 aliphatic rings. The first kappa shape index (κ1) is 13.4. The van der Waals surface area contributed by atoms with Crippen molar-refractivity contribution in [1.82, 2.24) is 4.90 Å². The highest BCUT2D eigenvalue weighted by Crippen LogP contribution is 2.34. The lowest BCUT2D eigenvalue weighted by Gasteiger charge is -2.41. The summed E-state index contributed by atoms with van der Waals surface area (Å²) >= 11 is 0. The smallest absolute Gasteiger partial charge is 0.192 e. The van der Waals surface area contributed by atoms with Gasteiger partial charge in [-0.15, -0.1) is 0 Å². The second kappa shape index (κ2) is 4.77. The first-order valence-corrected chi connectivity index (χ1v) is 8.65. The Morgan fingerprint density at radius 1 is 1.20 bits per heavy atom. The SMILES string of the molecule is NC1=NCC2(CCS(=O)(=O)CC2)N1Cc1ccccc1. The number of guanidine groups is 1. The number of nitrogens with zero attached hydrogens (tertiary/aromatic N) is 2. The van der Waals surface area contributed by atoms with Crippen molar-refractivity contribution in [2.75, 3.05) is 18.1 Å². The molecule has 2 aliphatic heterocycles. The second-order valence-corrected chi connectivity index (χ2v) is 7.93. The molecule has 1 aromatic rings. The molecule has 0 atom stereocenters. The van der Waals surface area contributed by atoms with Crippen LogP contribution in [0.25, 0.3) is 0 Å². The molecule has 0 bridgehead atoms. The number of rotatable bonds is 2. The molecule has 0 amide bonds. The summed E-state index contributed by atoms with van der Waals surface area (Å²) in [6.07, 6.45) is 1.23. The molecule has 6 heteroatoms. The van der Waals surface area contributed by atoms with E-state index in [0.29, 0.717) is 31.9 Å². The predicted molar refractivity (Wildman–Crippen MR) is 79.1 cm³/mol. The maximum atomic E-state index is 11.6. The van der Waals surface area contributed by atoms with Gasteiger partial charge in [-0.25, -0.2) is 8.42 Å². The van der Waals surface area contributed by atoms with Crippen LogP contribution in [0.3, 0.4) is 0 Å². The van der Waals surface area contributed by atoms with Crippen LogP contribution in [-0.2, 0) is 16.4 Å². The van der Waals surface area contributed by atoms with Crippen LogP contribution in [0.4, 0.5) is 0 Å². The molecule has 0 unspecified atom stereocenters. The van der Waals surface area contributed by atoms with Crippen LogP contribution in [0, 0.1) is 0 Å². The molecule has 1 fully saturated rings. The van der Waals surface area contributed by atoms with Crippen LogP contribution >= 0.6 is 0 Å². The van der Waals surface area contributed by atoms with Crippen LogP contribution in [-0.4, -0.2) is 42.9 Å². The van der Waals surface area contributed by atoms with Crippen molar-refractivity contribution in [3.05, 3.63) is 35.9 Å². The van der Waals surface area contributed by atoms with E-state index in [1.54, 1.807) is 0 Å². The standard InChI is InChI=1S/C14H19N3O2S/c15-13-16-11-14(6-8-20(18,19)9-7-14)17(13)10-12-4-2-1-3-5-12/h1-5H,6-11H2,(H2,15,16). The van der Waals surface area contributed by atoms with Crippen LogP contribution in [0.2, 0.25) is 0 Å². The Hall–Kier alpha value is -1.56.